The number of benzene rings is 1. The average Bonchev–Trinajstić information content (AvgIpc) is 2.49. The molecule has 2 rings (SSSR count). The van der Waals surface area contributed by atoms with Crippen molar-refractivity contribution in [2.24, 2.45) is 5.73 Å². The number of nitrogens with two attached hydrogens (primary N) is 1. The second kappa shape index (κ2) is 7.74. The summed E-state index contributed by atoms with van der Waals surface area (Å²) in [6.45, 7) is 5.82. The number of amides is 1. The Morgan fingerprint density at radius 2 is 2.09 bits per heavy atom. The summed E-state index contributed by atoms with van der Waals surface area (Å²) in [6.07, 6.45) is 2.77. The molecule has 0 radical (unpaired) electrons. The van der Waals surface area contributed by atoms with Gasteiger partial charge in [-0.25, -0.2) is 4.98 Å². The molecule has 5 heteroatoms. The number of hydrogen-bond acceptors (Lipinski definition) is 4. The first-order chi connectivity index (χ1) is 10.9. The van der Waals surface area contributed by atoms with Crippen molar-refractivity contribution in [3.8, 4) is 11.6 Å². The van der Waals surface area contributed by atoms with Gasteiger partial charge in [-0.1, -0.05) is 6.07 Å². The number of nitrogens with one attached hydrogen (secondary N) is 1. The fourth-order valence-corrected chi connectivity index (χ4v) is 2.05. The Morgan fingerprint density at radius 3 is 2.78 bits per heavy atom. The van der Waals surface area contributed by atoms with Crippen LogP contribution in [0.5, 0.6) is 11.6 Å². The molecule has 0 saturated carbocycles. The smallest absolute Gasteiger partial charge is 0.224 e. The molecular weight excluding hydrogens is 290 g/mol. The number of anilines is 1. The quantitative estimate of drug-likeness (QED) is 0.855. The predicted octanol–water partition coefficient (Wildman–Crippen LogP) is 3.56. The zero-order valence-electron chi connectivity index (χ0n) is 13.8. The van der Waals surface area contributed by atoms with Gasteiger partial charge in [0.05, 0.1) is 0 Å². The Bertz CT molecular complexity index is 684. The van der Waals surface area contributed by atoms with Crippen LogP contribution in [0.4, 0.5) is 5.69 Å². The van der Waals surface area contributed by atoms with Crippen molar-refractivity contribution in [1.29, 1.82) is 0 Å². The van der Waals surface area contributed by atoms with E-state index in [1.165, 1.54) is 0 Å². The van der Waals surface area contributed by atoms with Gasteiger partial charge in [0.25, 0.3) is 0 Å². The van der Waals surface area contributed by atoms with E-state index in [9.17, 15) is 4.79 Å². The molecule has 23 heavy (non-hydrogen) atoms. The van der Waals surface area contributed by atoms with Crippen LogP contribution in [0.3, 0.4) is 0 Å². The Morgan fingerprint density at radius 1 is 1.30 bits per heavy atom. The summed E-state index contributed by atoms with van der Waals surface area (Å²) in [4.78, 5) is 16.1. The Hall–Kier alpha value is -2.40. The molecule has 1 aromatic carbocycles. The molecule has 0 fully saturated rings. The van der Waals surface area contributed by atoms with E-state index in [4.69, 9.17) is 10.5 Å². The highest BCUT2D eigenvalue weighted by molar-refractivity contribution is 5.91. The largest absolute Gasteiger partial charge is 0.439 e. The number of carbonyl (C=O) groups excluding carboxylic acids is 1. The lowest BCUT2D eigenvalue weighted by molar-refractivity contribution is -0.116. The summed E-state index contributed by atoms with van der Waals surface area (Å²) in [5, 5.41) is 2.87. The van der Waals surface area contributed by atoms with Crippen LogP contribution in [0.1, 0.15) is 30.9 Å². The van der Waals surface area contributed by atoms with Gasteiger partial charge >= 0.3 is 0 Å². The summed E-state index contributed by atoms with van der Waals surface area (Å²) < 4.78 is 5.83. The molecule has 0 spiro atoms. The van der Waals surface area contributed by atoms with Gasteiger partial charge in [0.1, 0.15) is 5.75 Å². The molecule has 3 N–H and O–H groups in total. The first-order valence-electron chi connectivity index (χ1n) is 7.70. The lowest BCUT2D eigenvalue weighted by Gasteiger charge is -2.12. The van der Waals surface area contributed by atoms with Crippen LogP contribution in [0.2, 0.25) is 0 Å². The van der Waals surface area contributed by atoms with Crippen LogP contribution in [-0.2, 0) is 4.79 Å². The fraction of sp³-hybridized carbons (Fsp3) is 0.333. The van der Waals surface area contributed by atoms with E-state index >= 15 is 0 Å². The molecule has 5 nitrogen and oxygen atoms in total. The lowest BCUT2D eigenvalue weighted by Crippen LogP contribution is -2.19. The number of nitrogens with zero attached hydrogens (tertiary/aromatic N) is 1. The highest BCUT2D eigenvalue weighted by Gasteiger charge is 2.08. The van der Waals surface area contributed by atoms with Crippen molar-refractivity contribution in [2.45, 2.75) is 39.7 Å². The molecule has 1 amide bonds. The fourth-order valence-electron chi connectivity index (χ4n) is 2.05. The van der Waals surface area contributed by atoms with Gasteiger partial charge < -0.3 is 15.8 Å². The normalized spacial score (nSPS) is 11.8. The van der Waals surface area contributed by atoms with E-state index < -0.39 is 0 Å². The van der Waals surface area contributed by atoms with Gasteiger partial charge in [-0.15, -0.1) is 0 Å². The van der Waals surface area contributed by atoms with Crippen molar-refractivity contribution in [3.63, 3.8) is 0 Å². The van der Waals surface area contributed by atoms with Crippen LogP contribution >= 0.6 is 0 Å². The van der Waals surface area contributed by atoms with Crippen LogP contribution in [-0.4, -0.2) is 16.9 Å². The summed E-state index contributed by atoms with van der Waals surface area (Å²) in [7, 11) is 0. The number of ether oxygens (including phenoxy) is 1. The minimum Gasteiger partial charge on any atom is -0.439 e. The molecule has 0 saturated heterocycles. The maximum Gasteiger partial charge on any atom is 0.224 e. The zero-order valence-corrected chi connectivity index (χ0v) is 13.8. The molecule has 122 valence electrons. The maximum atomic E-state index is 11.9. The van der Waals surface area contributed by atoms with Crippen molar-refractivity contribution in [2.75, 3.05) is 5.32 Å². The van der Waals surface area contributed by atoms with Crippen LogP contribution in [0, 0.1) is 13.8 Å². The minimum atomic E-state index is -0.0502. The van der Waals surface area contributed by atoms with Crippen molar-refractivity contribution in [3.05, 3.63) is 47.7 Å². The predicted molar refractivity (Wildman–Crippen MR) is 91.7 cm³/mol. The third-order valence-electron chi connectivity index (χ3n) is 3.40. The number of pyridine rings is 1. The Balaban J connectivity index is 2.08. The van der Waals surface area contributed by atoms with E-state index in [-0.39, 0.29) is 11.9 Å². The van der Waals surface area contributed by atoms with Gasteiger partial charge in [-0.3, -0.25) is 4.79 Å². The lowest BCUT2D eigenvalue weighted by atomic mass is 10.1. The number of hydrogen-bond donors (Lipinski definition) is 2. The van der Waals surface area contributed by atoms with E-state index in [0.29, 0.717) is 30.2 Å². The van der Waals surface area contributed by atoms with Gasteiger partial charge in [-0.05, 0) is 50.5 Å². The Kier molecular flexibility index (Phi) is 5.71. The van der Waals surface area contributed by atoms with Gasteiger partial charge in [0.15, 0.2) is 0 Å². The molecular formula is C18H23N3O2. The Labute approximate surface area is 136 Å². The highest BCUT2D eigenvalue weighted by atomic mass is 16.5. The number of aromatic nitrogens is 1. The van der Waals surface area contributed by atoms with Crippen molar-refractivity contribution >= 4 is 11.6 Å². The first-order valence-corrected chi connectivity index (χ1v) is 7.70. The zero-order chi connectivity index (χ0) is 16.8. The van der Waals surface area contributed by atoms with Gasteiger partial charge in [0, 0.05) is 36.5 Å². The molecule has 1 heterocycles. The van der Waals surface area contributed by atoms with Crippen LogP contribution < -0.4 is 15.8 Å². The second-order valence-corrected chi connectivity index (χ2v) is 5.82. The molecule has 0 aliphatic heterocycles. The van der Waals surface area contributed by atoms with Crippen molar-refractivity contribution in [1.82, 2.24) is 4.98 Å². The van der Waals surface area contributed by atoms with Gasteiger partial charge in [-0.2, -0.15) is 0 Å². The third-order valence-corrected chi connectivity index (χ3v) is 3.40. The highest BCUT2D eigenvalue weighted by Crippen LogP contribution is 2.27. The van der Waals surface area contributed by atoms with E-state index in [1.54, 1.807) is 6.20 Å². The van der Waals surface area contributed by atoms with Crippen LogP contribution in [0.25, 0.3) is 0 Å². The van der Waals surface area contributed by atoms with Crippen LogP contribution in [0.15, 0.2) is 36.5 Å². The second-order valence-electron chi connectivity index (χ2n) is 5.82. The van der Waals surface area contributed by atoms with Gasteiger partial charge in [0.2, 0.25) is 11.8 Å². The number of rotatable bonds is 6. The number of aryl methyl sites for hydroxylation is 2. The standard InChI is InChI=1S/C18H23N3O2/c1-12-8-9-20-18(10-12)23-16-11-15(6-4-13(16)2)21-17(22)7-5-14(3)19/h4,6,8-11,14H,5,7,19H2,1-3H3,(H,21,22). The SMILES string of the molecule is Cc1ccnc(Oc2cc(NC(=O)CCC(C)N)ccc2C)c1. The monoisotopic (exact) mass is 313 g/mol. The summed E-state index contributed by atoms with van der Waals surface area (Å²) >= 11 is 0. The van der Waals surface area contributed by atoms with E-state index in [0.717, 1.165) is 11.1 Å². The first kappa shape index (κ1) is 17.0. The average molecular weight is 313 g/mol. The molecule has 0 aliphatic carbocycles. The summed E-state index contributed by atoms with van der Waals surface area (Å²) in [5.74, 6) is 1.16. The summed E-state index contributed by atoms with van der Waals surface area (Å²) in [6, 6.07) is 9.37. The molecule has 0 bridgehead atoms. The van der Waals surface area contributed by atoms with E-state index in [2.05, 4.69) is 10.3 Å². The molecule has 1 aromatic heterocycles. The molecule has 2 aromatic rings. The minimum absolute atomic E-state index is 0.0186. The topological polar surface area (TPSA) is 77.2 Å². The summed E-state index contributed by atoms with van der Waals surface area (Å²) in [5.41, 5.74) is 8.42. The molecule has 1 unspecified atom stereocenters. The third kappa shape index (κ3) is 5.38. The van der Waals surface area contributed by atoms with E-state index in [1.807, 2.05) is 51.1 Å². The molecule has 1 atom stereocenters. The van der Waals surface area contributed by atoms with Crippen molar-refractivity contribution < 1.29 is 9.53 Å². The maximum absolute atomic E-state index is 11.9. The molecule has 0 aliphatic rings. The number of carbonyl (C=O) groups is 1.